The van der Waals surface area contributed by atoms with Crippen LogP contribution in [0.2, 0.25) is 0 Å². The Hall–Kier alpha value is -2.01. The molecular weight excluding hydrogens is 242 g/mol. The number of phenolic OH excluding ortho intramolecular Hbond substituents is 1. The predicted octanol–water partition coefficient (Wildman–Crippen LogP) is 2.02. The SMILES string of the molecule is COc1cc(NCCCN)c2nccc(C)c2c1O. The molecule has 0 aliphatic rings. The Morgan fingerprint density at radius 2 is 2.26 bits per heavy atom. The molecule has 2 aromatic rings. The number of phenols is 1. The maximum absolute atomic E-state index is 10.2. The maximum Gasteiger partial charge on any atom is 0.167 e. The van der Waals surface area contributed by atoms with Gasteiger partial charge in [0.2, 0.25) is 0 Å². The Labute approximate surface area is 112 Å². The number of rotatable bonds is 5. The third-order valence-electron chi connectivity index (χ3n) is 3.08. The molecule has 2 rings (SSSR count). The van der Waals surface area contributed by atoms with Crippen LogP contribution in [0.4, 0.5) is 5.69 Å². The summed E-state index contributed by atoms with van der Waals surface area (Å²) in [5, 5.41) is 14.2. The number of anilines is 1. The molecular formula is C14H19N3O2. The molecule has 0 spiro atoms. The number of nitrogens with zero attached hydrogens (tertiary/aromatic N) is 1. The highest BCUT2D eigenvalue weighted by Gasteiger charge is 2.14. The number of benzene rings is 1. The average molecular weight is 261 g/mol. The first kappa shape index (κ1) is 13.4. The minimum absolute atomic E-state index is 0.132. The zero-order valence-electron chi connectivity index (χ0n) is 11.2. The summed E-state index contributed by atoms with van der Waals surface area (Å²) in [5.41, 5.74) is 8.05. The van der Waals surface area contributed by atoms with Crippen molar-refractivity contribution in [1.29, 1.82) is 0 Å². The molecule has 1 aromatic heterocycles. The smallest absolute Gasteiger partial charge is 0.167 e. The van der Waals surface area contributed by atoms with E-state index in [0.29, 0.717) is 12.3 Å². The van der Waals surface area contributed by atoms with E-state index >= 15 is 0 Å². The third-order valence-corrected chi connectivity index (χ3v) is 3.08. The van der Waals surface area contributed by atoms with Gasteiger partial charge in [-0.1, -0.05) is 0 Å². The summed E-state index contributed by atoms with van der Waals surface area (Å²) in [6, 6.07) is 3.63. The number of hydrogen-bond donors (Lipinski definition) is 3. The van der Waals surface area contributed by atoms with E-state index in [2.05, 4.69) is 10.3 Å². The molecule has 4 N–H and O–H groups in total. The minimum atomic E-state index is 0.132. The van der Waals surface area contributed by atoms with Gasteiger partial charge < -0.3 is 20.9 Å². The zero-order valence-corrected chi connectivity index (χ0v) is 11.2. The number of aryl methyl sites for hydroxylation is 1. The van der Waals surface area contributed by atoms with Crippen molar-refractivity contribution in [2.24, 2.45) is 5.73 Å². The predicted molar refractivity (Wildman–Crippen MR) is 76.9 cm³/mol. The summed E-state index contributed by atoms with van der Waals surface area (Å²) in [4.78, 5) is 4.35. The van der Waals surface area contributed by atoms with Crippen LogP contribution in [0.5, 0.6) is 11.5 Å². The molecule has 0 bridgehead atoms. The molecule has 5 nitrogen and oxygen atoms in total. The quantitative estimate of drug-likeness (QED) is 0.566. The largest absolute Gasteiger partial charge is 0.504 e. The molecule has 0 unspecified atom stereocenters. The van der Waals surface area contributed by atoms with Crippen LogP contribution >= 0.6 is 0 Å². The first-order valence-corrected chi connectivity index (χ1v) is 6.28. The highest BCUT2D eigenvalue weighted by Crippen LogP contribution is 2.39. The van der Waals surface area contributed by atoms with Crippen molar-refractivity contribution < 1.29 is 9.84 Å². The van der Waals surface area contributed by atoms with E-state index in [1.54, 1.807) is 12.3 Å². The Bertz CT molecular complexity index is 584. The second kappa shape index (κ2) is 5.75. The third kappa shape index (κ3) is 2.56. The number of fused-ring (bicyclic) bond motifs is 1. The zero-order chi connectivity index (χ0) is 13.8. The molecule has 0 fully saturated rings. The molecule has 0 atom stereocenters. The summed E-state index contributed by atoms with van der Waals surface area (Å²) in [5.74, 6) is 0.575. The van der Waals surface area contributed by atoms with Crippen molar-refractivity contribution in [2.75, 3.05) is 25.5 Å². The maximum atomic E-state index is 10.2. The number of methoxy groups -OCH3 is 1. The number of aromatic hydroxyl groups is 1. The number of ether oxygens (including phenoxy) is 1. The molecule has 0 saturated carbocycles. The van der Waals surface area contributed by atoms with Crippen molar-refractivity contribution in [3.05, 3.63) is 23.9 Å². The molecule has 0 aliphatic carbocycles. The van der Waals surface area contributed by atoms with E-state index in [0.717, 1.165) is 35.1 Å². The fraction of sp³-hybridized carbons (Fsp3) is 0.357. The topological polar surface area (TPSA) is 80.4 Å². The van der Waals surface area contributed by atoms with Gasteiger partial charge in [-0.05, 0) is 31.5 Å². The molecule has 0 aliphatic heterocycles. The monoisotopic (exact) mass is 261 g/mol. The van der Waals surface area contributed by atoms with Gasteiger partial charge in [-0.2, -0.15) is 0 Å². The highest BCUT2D eigenvalue weighted by atomic mass is 16.5. The van der Waals surface area contributed by atoms with Gasteiger partial charge >= 0.3 is 0 Å². The number of nitrogens with one attached hydrogen (secondary N) is 1. The lowest BCUT2D eigenvalue weighted by molar-refractivity contribution is 0.376. The van der Waals surface area contributed by atoms with Crippen molar-refractivity contribution in [1.82, 2.24) is 4.98 Å². The molecule has 1 heterocycles. The Kier molecular flexibility index (Phi) is 4.06. The Morgan fingerprint density at radius 1 is 1.47 bits per heavy atom. The fourth-order valence-electron chi connectivity index (χ4n) is 2.07. The van der Waals surface area contributed by atoms with Crippen LogP contribution in [0.25, 0.3) is 10.9 Å². The molecule has 0 saturated heterocycles. The van der Waals surface area contributed by atoms with Crippen LogP contribution in [-0.4, -0.2) is 30.3 Å². The fourth-order valence-corrected chi connectivity index (χ4v) is 2.07. The Balaban J connectivity index is 2.56. The summed E-state index contributed by atoms with van der Waals surface area (Å²) < 4.78 is 5.21. The first-order chi connectivity index (χ1) is 9.19. The van der Waals surface area contributed by atoms with Gasteiger partial charge in [0.05, 0.1) is 23.7 Å². The number of nitrogens with two attached hydrogens (primary N) is 1. The summed E-state index contributed by atoms with van der Waals surface area (Å²) in [6.07, 6.45) is 2.61. The van der Waals surface area contributed by atoms with Crippen LogP contribution in [0.1, 0.15) is 12.0 Å². The van der Waals surface area contributed by atoms with E-state index in [1.807, 2.05) is 13.0 Å². The molecule has 0 amide bonds. The lowest BCUT2D eigenvalue weighted by atomic mass is 10.1. The van der Waals surface area contributed by atoms with Crippen LogP contribution in [0.15, 0.2) is 18.3 Å². The molecule has 0 radical (unpaired) electrons. The molecule has 5 heteroatoms. The van der Waals surface area contributed by atoms with Gasteiger partial charge in [-0.15, -0.1) is 0 Å². The van der Waals surface area contributed by atoms with Gasteiger partial charge in [0, 0.05) is 18.8 Å². The molecule has 1 aromatic carbocycles. The van der Waals surface area contributed by atoms with E-state index in [-0.39, 0.29) is 5.75 Å². The first-order valence-electron chi connectivity index (χ1n) is 6.28. The highest BCUT2D eigenvalue weighted by molar-refractivity contribution is 5.98. The Morgan fingerprint density at radius 3 is 2.95 bits per heavy atom. The van der Waals surface area contributed by atoms with E-state index < -0.39 is 0 Å². The number of hydrogen-bond acceptors (Lipinski definition) is 5. The van der Waals surface area contributed by atoms with Crippen molar-refractivity contribution in [3.8, 4) is 11.5 Å². The molecule has 19 heavy (non-hydrogen) atoms. The van der Waals surface area contributed by atoms with Gasteiger partial charge in [-0.3, -0.25) is 4.98 Å². The van der Waals surface area contributed by atoms with Crippen LogP contribution in [0.3, 0.4) is 0 Å². The normalized spacial score (nSPS) is 10.7. The van der Waals surface area contributed by atoms with Crippen molar-refractivity contribution in [2.45, 2.75) is 13.3 Å². The van der Waals surface area contributed by atoms with Gasteiger partial charge in [0.25, 0.3) is 0 Å². The van der Waals surface area contributed by atoms with Crippen molar-refractivity contribution >= 4 is 16.6 Å². The molecule has 102 valence electrons. The second-order valence-electron chi connectivity index (χ2n) is 4.40. The summed E-state index contributed by atoms with van der Waals surface area (Å²) in [7, 11) is 1.54. The van der Waals surface area contributed by atoms with E-state index in [1.165, 1.54) is 7.11 Å². The lowest BCUT2D eigenvalue weighted by Gasteiger charge is -2.14. The summed E-state index contributed by atoms with van der Waals surface area (Å²) in [6.45, 7) is 3.33. The van der Waals surface area contributed by atoms with Gasteiger partial charge in [0.1, 0.15) is 0 Å². The van der Waals surface area contributed by atoms with Gasteiger partial charge in [0.15, 0.2) is 11.5 Å². The van der Waals surface area contributed by atoms with Crippen LogP contribution in [0, 0.1) is 6.92 Å². The number of aromatic nitrogens is 1. The summed E-state index contributed by atoms with van der Waals surface area (Å²) >= 11 is 0. The average Bonchev–Trinajstić information content (AvgIpc) is 2.41. The van der Waals surface area contributed by atoms with Crippen molar-refractivity contribution in [3.63, 3.8) is 0 Å². The van der Waals surface area contributed by atoms with Gasteiger partial charge in [-0.25, -0.2) is 0 Å². The van der Waals surface area contributed by atoms with Crippen LogP contribution in [-0.2, 0) is 0 Å². The van der Waals surface area contributed by atoms with Crippen LogP contribution < -0.4 is 15.8 Å². The second-order valence-corrected chi connectivity index (χ2v) is 4.40. The standard InChI is InChI=1S/C14H19N3O2/c1-9-4-7-17-13-10(16-6-3-5-15)8-11(19-2)14(18)12(9)13/h4,7-8,16,18H,3,5-6,15H2,1-2H3. The minimum Gasteiger partial charge on any atom is -0.504 e. The lowest BCUT2D eigenvalue weighted by Crippen LogP contribution is -2.09. The number of pyridine rings is 1. The van der Waals surface area contributed by atoms with E-state index in [9.17, 15) is 5.11 Å². The van der Waals surface area contributed by atoms with E-state index in [4.69, 9.17) is 10.5 Å².